The average Bonchev–Trinajstić information content (AvgIpc) is 2.85. The molecule has 0 spiro atoms. The lowest BCUT2D eigenvalue weighted by Crippen LogP contribution is -2.09. The second-order valence-electron chi connectivity index (χ2n) is 7.09. The van der Waals surface area contributed by atoms with Gasteiger partial charge in [-0.25, -0.2) is 14.8 Å². The Bertz CT molecular complexity index is 1320. The van der Waals surface area contributed by atoms with Crippen LogP contribution in [0.5, 0.6) is 11.5 Å². The number of carbonyl (C=O) groups is 2. The summed E-state index contributed by atoms with van der Waals surface area (Å²) in [6.45, 7) is 1.94. The van der Waals surface area contributed by atoms with Crippen molar-refractivity contribution in [3.63, 3.8) is 0 Å². The highest BCUT2D eigenvalue weighted by atomic mass is 16.5. The largest absolute Gasteiger partial charge is 0.463 e. The molecule has 3 aromatic carbocycles. The van der Waals surface area contributed by atoms with Gasteiger partial charge in [0.05, 0.1) is 12.1 Å². The number of amides is 1. The molecule has 0 unspecified atom stereocenters. The average molecular weight is 454 g/mol. The van der Waals surface area contributed by atoms with Crippen LogP contribution in [0.15, 0.2) is 91.3 Å². The van der Waals surface area contributed by atoms with Crippen LogP contribution in [0.3, 0.4) is 0 Å². The summed E-state index contributed by atoms with van der Waals surface area (Å²) in [4.78, 5) is 32.2. The summed E-state index contributed by atoms with van der Waals surface area (Å²) in [5, 5.41) is 6.72. The first kappa shape index (κ1) is 22.5. The van der Waals surface area contributed by atoms with Crippen LogP contribution < -0.4 is 15.4 Å². The van der Waals surface area contributed by atoms with E-state index in [1.807, 2.05) is 54.6 Å². The van der Waals surface area contributed by atoms with Crippen LogP contribution in [0.2, 0.25) is 0 Å². The van der Waals surface area contributed by atoms with E-state index in [4.69, 9.17) is 9.47 Å². The number of para-hydroxylation sites is 1. The number of nitrogens with one attached hydrogen (secondary N) is 2. The maximum Gasteiger partial charge on any atom is 0.330 e. The minimum atomic E-state index is -0.573. The summed E-state index contributed by atoms with van der Waals surface area (Å²) in [7, 11) is 0. The van der Waals surface area contributed by atoms with Crippen molar-refractivity contribution < 1.29 is 19.1 Å². The lowest BCUT2D eigenvalue weighted by molar-refractivity contribution is -0.137. The molecular formula is C26H22N4O4. The number of nitrogens with zero attached hydrogens (tertiary/aromatic N) is 2. The molecule has 1 heterocycles. The zero-order valence-electron chi connectivity index (χ0n) is 18.4. The van der Waals surface area contributed by atoms with Crippen LogP contribution in [0.4, 0.5) is 17.2 Å². The number of hydrogen-bond donors (Lipinski definition) is 2. The van der Waals surface area contributed by atoms with Gasteiger partial charge in [-0.05, 0) is 61.5 Å². The van der Waals surface area contributed by atoms with Gasteiger partial charge in [0.15, 0.2) is 0 Å². The molecule has 0 saturated carbocycles. The summed E-state index contributed by atoms with van der Waals surface area (Å²) in [5.74, 6) is 1.03. The third-order valence-electron chi connectivity index (χ3n) is 4.66. The third-order valence-corrected chi connectivity index (χ3v) is 4.66. The lowest BCUT2D eigenvalue weighted by Gasteiger charge is -2.11. The minimum Gasteiger partial charge on any atom is -0.463 e. The molecule has 0 aliphatic rings. The van der Waals surface area contributed by atoms with Crippen LogP contribution in [-0.2, 0) is 14.3 Å². The summed E-state index contributed by atoms with van der Waals surface area (Å²) in [5.41, 5.74) is 2.06. The van der Waals surface area contributed by atoms with E-state index in [1.165, 1.54) is 6.33 Å². The Balaban J connectivity index is 1.48. The summed E-state index contributed by atoms with van der Waals surface area (Å²) in [6, 6.07) is 22.3. The van der Waals surface area contributed by atoms with E-state index in [0.29, 0.717) is 22.8 Å². The van der Waals surface area contributed by atoms with E-state index in [9.17, 15) is 9.59 Å². The van der Waals surface area contributed by atoms with Gasteiger partial charge in [-0.2, -0.15) is 0 Å². The van der Waals surface area contributed by atoms with Gasteiger partial charge in [-0.3, -0.25) is 4.79 Å². The molecule has 0 aliphatic heterocycles. The van der Waals surface area contributed by atoms with Gasteiger partial charge in [0.2, 0.25) is 5.91 Å². The van der Waals surface area contributed by atoms with Gasteiger partial charge in [0, 0.05) is 28.9 Å². The lowest BCUT2D eigenvalue weighted by atomic mass is 10.2. The van der Waals surface area contributed by atoms with Gasteiger partial charge in [-0.15, -0.1) is 0 Å². The molecule has 34 heavy (non-hydrogen) atoms. The fraction of sp³-hybridized carbons (Fsp3) is 0.0769. The quantitative estimate of drug-likeness (QED) is 0.278. The molecule has 0 fully saturated rings. The van der Waals surface area contributed by atoms with E-state index in [2.05, 4.69) is 20.6 Å². The van der Waals surface area contributed by atoms with Crippen molar-refractivity contribution in [2.24, 2.45) is 0 Å². The Hall–Kier alpha value is -4.72. The van der Waals surface area contributed by atoms with Gasteiger partial charge < -0.3 is 20.1 Å². The van der Waals surface area contributed by atoms with Crippen LogP contribution in [0.1, 0.15) is 6.92 Å². The van der Waals surface area contributed by atoms with E-state index in [0.717, 1.165) is 29.0 Å². The molecule has 170 valence electrons. The van der Waals surface area contributed by atoms with Gasteiger partial charge in [0.25, 0.3) is 0 Å². The standard InChI is InChI=1S/C26H22N4O4/c1-2-33-25(32)15-14-24(31)29-19-10-13-23-22(16-19)26(28-17-27-23)30-18-8-11-21(12-9-18)34-20-6-4-3-5-7-20/h3-17H,2H2,1H3,(H,29,31)(H,27,28,30)/b15-14+. The molecule has 0 bridgehead atoms. The number of aromatic nitrogens is 2. The Morgan fingerprint density at radius 3 is 2.38 bits per heavy atom. The molecule has 2 N–H and O–H groups in total. The fourth-order valence-electron chi connectivity index (χ4n) is 3.12. The minimum absolute atomic E-state index is 0.244. The number of rotatable bonds is 8. The van der Waals surface area contributed by atoms with Crippen molar-refractivity contribution in [2.75, 3.05) is 17.2 Å². The van der Waals surface area contributed by atoms with Gasteiger partial charge >= 0.3 is 5.97 Å². The number of benzene rings is 3. The van der Waals surface area contributed by atoms with Crippen molar-refractivity contribution in [2.45, 2.75) is 6.92 Å². The zero-order chi connectivity index (χ0) is 23.8. The van der Waals surface area contributed by atoms with Crippen molar-refractivity contribution in [1.29, 1.82) is 0 Å². The number of ether oxygens (including phenoxy) is 2. The van der Waals surface area contributed by atoms with E-state index in [-0.39, 0.29) is 6.61 Å². The fourth-order valence-corrected chi connectivity index (χ4v) is 3.12. The second kappa shape index (κ2) is 10.7. The predicted octanol–water partition coefficient (Wildman–Crippen LogP) is 5.22. The van der Waals surface area contributed by atoms with E-state index < -0.39 is 11.9 Å². The van der Waals surface area contributed by atoms with Gasteiger partial charge in [0.1, 0.15) is 23.6 Å². The molecule has 0 radical (unpaired) electrons. The highest BCUT2D eigenvalue weighted by molar-refractivity contribution is 6.04. The first-order chi connectivity index (χ1) is 16.6. The number of esters is 1. The molecule has 4 aromatic rings. The van der Waals surface area contributed by atoms with Crippen molar-refractivity contribution in [3.05, 3.63) is 91.3 Å². The summed E-state index contributed by atoms with van der Waals surface area (Å²) in [6.07, 6.45) is 3.68. The van der Waals surface area contributed by atoms with Crippen molar-refractivity contribution in [1.82, 2.24) is 9.97 Å². The van der Waals surface area contributed by atoms with E-state index in [1.54, 1.807) is 25.1 Å². The topological polar surface area (TPSA) is 102 Å². The zero-order valence-corrected chi connectivity index (χ0v) is 18.4. The normalized spacial score (nSPS) is 10.7. The van der Waals surface area contributed by atoms with Crippen LogP contribution >= 0.6 is 0 Å². The highest BCUT2D eigenvalue weighted by Crippen LogP contribution is 2.28. The van der Waals surface area contributed by atoms with Gasteiger partial charge in [-0.1, -0.05) is 18.2 Å². The first-order valence-electron chi connectivity index (χ1n) is 10.6. The molecule has 4 rings (SSSR count). The third kappa shape index (κ3) is 5.95. The highest BCUT2D eigenvalue weighted by Gasteiger charge is 2.08. The van der Waals surface area contributed by atoms with Crippen LogP contribution in [0, 0.1) is 0 Å². The Morgan fingerprint density at radius 2 is 1.62 bits per heavy atom. The number of hydrogen-bond acceptors (Lipinski definition) is 7. The Kier molecular flexibility index (Phi) is 7.09. The molecule has 0 atom stereocenters. The maximum absolute atomic E-state index is 12.1. The number of fused-ring (bicyclic) bond motifs is 1. The van der Waals surface area contributed by atoms with Crippen LogP contribution in [0.25, 0.3) is 10.9 Å². The maximum atomic E-state index is 12.1. The Morgan fingerprint density at radius 1 is 0.882 bits per heavy atom. The van der Waals surface area contributed by atoms with E-state index >= 15 is 0 Å². The molecule has 0 aliphatic carbocycles. The monoisotopic (exact) mass is 454 g/mol. The summed E-state index contributed by atoms with van der Waals surface area (Å²) < 4.78 is 10.6. The smallest absolute Gasteiger partial charge is 0.330 e. The first-order valence-corrected chi connectivity index (χ1v) is 10.6. The number of carbonyl (C=O) groups excluding carboxylic acids is 2. The predicted molar refractivity (Wildman–Crippen MR) is 130 cm³/mol. The second-order valence-corrected chi connectivity index (χ2v) is 7.09. The molecule has 8 nitrogen and oxygen atoms in total. The van der Waals surface area contributed by atoms with Crippen molar-refractivity contribution >= 4 is 40.0 Å². The molecule has 1 amide bonds. The summed E-state index contributed by atoms with van der Waals surface area (Å²) >= 11 is 0. The molecule has 1 aromatic heterocycles. The molecule has 8 heteroatoms. The molecular weight excluding hydrogens is 432 g/mol. The molecule has 0 saturated heterocycles. The SMILES string of the molecule is CCOC(=O)/C=C/C(=O)Nc1ccc2ncnc(Nc3ccc(Oc4ccccc4)cc3)c2c1. The van der Waals surface area contributed by atoms with Crippen molar-refractivity contribution in [3.8, 4) is 11.5 Å². The number of anilines is 3. The van der Waals surface area contributed by atoms with Crippen LogP contribution in [-0.4, -0.2) is 28.5 Å². The Labute approximate surface area is 196 Å².